The summed E-state index contributed by atoms with van der Waals surface area (Å²) in [4.78, 5) is 0.0899. The Morgan fingerprint density at radius 1 is 1.47 bits per heavy atom. The third kappa shape index (κ3) is 2.17. The number of benzene rings is 1. The predicted molar refractivity (Wildman–Crippen MR) is 60.5 cm³/mol. The van der Waals surface area contributed by atoms with Crippen LogP contribution in [-0.2, 0) is 10.0 Å². The highest BCUT2D eigenvalue weighted by atomic mass is 32.2. The first-order valence-electron chi connectivity index (χ1n) is 5.08. The van der Waals surface area contributed by atoms with Gasteiger partial charge in [-0.15, -0.1) is 0 Å². The second-order valence-electron chi connectivity index (χ2n) is 4.41. The smallest absolute Gasteiger partial charge is 0.243 e. The minimum atomic E-state index is -3.58. The normalized spacial score (nSPS) is 19.4. The van der Waals surface area contributed by atoms with Gasteiger partial charge in [0.2, 0.25) is 10.0 Å². The third-order valence-electron chi connectivity index (χ3n) is 2.63. The number of hydrogen-bond acceptors (Lipinski definition) is 4. The van der Waals surface area contributed by atoms with E-state index in [1.165, 1.54) is 22.5 Å². The van der Waals surface area contributed by atoms with E-state index in [1.807, 2.05) is 6.07 Å². The molecule has 1 aromatic carbocycles. The first kappa shape index (κ1) is 12.0. The summed E-state index contributed by atoms with van der Waals surface area (Å²) in [5.74, 6) is 0. The van der Waals surface area contributed by atoms with Gasteiger partial charge in [0, 0.05) is 13.1 Å². The van der Waals surface area contributed by atoms with Crippen molar-refractivity contribution in [3.05, 3.63) is 29.8 Å². The van der Waals surface area contributed by atoms with Crippen molar-refractivity contribution in [1.82, 2.24) is 4.31 Å². The van der Waals surface area contributed by atoms with Gasteiger partial charge in [0.05, 0.1) is 22.1 Å². The van der Waals surface area contributed by atoms with Crippen molar-refractivity contribution in [3.63, 3.8) is 0 Å². The number of sulfonamides is 1. The van der Waals surface area contributed by atoms with Crippen molar-refractivity contribution >= 4 is 10.0 Å². The van der Waals surface area contributed by atoms with Crippen LogP contribution in [0.2, 0.25) is 0 Å². The Hall–Kier alpha value is -1.42. The zero-order valence-corrected chi connectivity index (χ0v) is 10.1. The van der Waals surface area contributed by atoms with E-state index in [1.54, 1.807) is 13.0 Å². The van der Waals surface area contributed by atoms with Crippen LogP contribution >= 0.6 is 0 Å². The zero-order valence-electron chi connectivity index (χ0n) is 9.29. The molecule has 1 aliphatic heterocycles. The van der Waals surface area contributed by atoms with Gasteiger partial charge >= 0.3 is 0 Å². The van der Waals surface area contributed by atoms with Crippen molar-refractivity contribution in [3.8, 4) is 6.07 Å². The van der Waals surface area contributed by atoms with Crippen LogP contribution in [0.5, 0.6) is 0 Å². The van der Waals surface area contributed by atoms with E-state index in [-0.39, 0.29) is 18.0 Å². The van der Waals surface area contributed by atoms with Crippen molar-refractivity contribution < 1.29 is 13.5 Å². The summed E-state index contributed by atoms with van der Waals surface area (Å²) in [6, 6.07) is 7.76. The molecule has 90 valence electrons. The van der Waals surface area contributed by atoms with Gasteiger partial charge in [0.15, 0.2) is 0 Å². The highest BCUT2D eigenvalue weighted by Gasteiger charge is 2.43. The van der Waals surface area contributed by atoms with E-state index >= 15 is 0 Å². The molecule has 0 radical (unpaired) electrons. The van der Waals surface area contributed by atoms with Gasteiger partial charge in [0.1, 0.15) is 0 Å². The van der Waals surface area contributed by atoms with Gasteiger partial charge in [0.25, 0.3) is 0 Å². The molecule has 0 spiro atoms. The number of aliphatic hydroxyl groups is 1. The molecule has 1 heterocycles. The first-order chi connectivity index (χ1) is 7.85. The van der Waals surface area contributed by atoms with Crippen LogP contribution < -0.4 is 0 Å². The van der Waals surface area contributed by atoms with Gasteiger partial charge in [-0.2, -0.15) is 9.57 Å². The fourth-order valence-electron chi connectivity index (χ4n) is 1.76. The maximum absolute atomic E-state index is 12.1. The van der Waals surface area contributed by atoms with Gasteiger partial charge in [-0.25, -0.2) is 8.42 Å². The molecule has 0 aromatic heterocycles. The molecular formula is C11H12N2O3S. The predicted octanol–water partition coefficient (Wildman–Crippen LogP) is 0.314. The number of rotatable bonds is 2. The molecule has 0 unspecified atom stereocenters. The number of nitriles is 1. The Balaban J connectivity index is 2.31. The molecule has 1 N–H and O–H groups in total. The van der Waals surface area contributed by atoms with E-state index in [2.05, 4.69) is 0 Å². The number of β-amino-alcohol motifs (C(OH)–C–C–N with tert-alkyl or cyclic N) is 1. The highest BCUT2D eigenvalue weighted by Crippen LogP contribution is 2.27. The summed E-state index contributed by atoms with van der Waals surface area (Å²) in [6.45, 7) is 1.77. The maximum atomic E-state index is 12.1. The van der Waals surface area contributed by atoms with Gasteiger partial charge < -0.3 is 5.11 Å². The molecule has 0 aliphatic carbocycles. The lowest BCUT2D eigenvalue weighted by atomic mass is 10.0. The number of hydrogen-bond donors (Lipinski definition) is 1. The molecule has 1 fully saturated rings. The van der Waals surface area contributed by atoms with Crippen LogP contribution in [0.1, 0.15) is 12.5 Å². The van der Waals surface area contributed by atoms with E-state index in [0.29, 0.717) is 5.56 Å². The van der Waals surface area contributed by atoms with Crippen LogP contribution in [-0.4, -0.2) is 36.5 Å². The minimum absolute atomic E-state index is 0.0894. The summed E-state index contributed by atoms with van der Waals surface area (Å²) >= 11 is 0. The van der Waals surface area contributed by atoms with E-state index in [9.17, 15) is 13.5 Å². The maximum Gasteiger partial charge on any atom is 0.243 e. The zero-order chi connectivity index (χ0) is 12.7. The average Bonchev–Trinajstić information content (AvgIpc) is 2.26. The molecule has 1 aliphatic rings. The van der Waals surface area contributed by atoms with Gasteiger partial charge in [-0.05, 0) is 25.1 Å². The molecule has 6 heteroatoms. The van der Waals surface area contributed by atoms with Crippen molar-refractivity contribution in [2.75, 3.05) is 13.1 Å². The van der Waals surface area contributed by atoms with E-state index in [0.717, 1.165) is 0 Å². The van der Waals surface area contributed by atoms with Crippen molar-refractivity contribution in [1.29, 1.82) is 5.26 Å². The van der Waals surface area contributed by atoms with Crippen molar-refractivity contribution in [2.24, 2.45) is 0 Å². The number of nitrogens with zero attached hydrogens (tertiary/aromatic N) is 2. The third-order valence-corrected chi connectivity index (χ3v) is 4.42. The fourth-order valence-corrected chi connectivity index (χ4v) is 3.48. The SMILES string of the molecule is CC1(O)CN(S(=O)(=O)c2cccc(C#N)c2)C1. The van der Waals surface area contributed by atoms with Crippen LogP contribution in [0, 0.1) is 11.3 Å². The summed E-state index contributed by atoms with van der Waals surface area (Å²) in [5.41, 5.74) is -0.640. The molecule has 1 aromatic rings. The summed E-state index contributed by atoms with van der Waals surface area (Å²) < 4.78 is 25.3. The molecule has 2 rings (SSSR count). The van der Waals surface area contributed by atoms with Gasteiger partial charge in [-0.1, -0.05) is 6.07 Å². The Labute approximate surface area is 100.0 Å². The average molecular weight is 252 g/mol. The fraction of sp³-hybridized carbons (Fsp3) is 0.364. The summed E-state index contributed by atoms with van der Waals surface area (Å²) in [5, 5.41) is 18.3. The second-order valence-corrected chi connectivity index (χ2v) is 6.35. The lowest BCUT2D eigenvalue weighted by Gasteiger charge is -2.42. The molecule has 0 bridgehead atoms. The molecular weight excluding hydrogens is 240 g/mol. The lowest BCUT2D eigenvalue weighted by Crippen LogP contribution is -2.61. The summed E-state index contributed by atoms with van der Waals surface area (Å²) in [7, 11) is -3.58. The molecule has 5 nitrogen and oxygen atoms in total. The second kappa shape index (κ2) is 3.81. The standard InChI is InChI=1S/C11H12N2O3S/c1-11(14)7-13(8-11)17(15,16)10-4-2-3-9(5-10)6-12/h2-5,14H,7-8H2,1H3. The van der Waals surface area contributed by atoms with Crippen LogP contribution in [0.3, 0.4) is 0 Å². The van der Waals surface area contributed by atoms with Crippen molar-refractivity contribution in [2.45, 2.75) is 17.4 Å². The highest BCUT2D eigenvalue weighted by molar-refractivity contribution is 7.89. The largest absolute Gasteiger partial charge is 0.387 e. The monoisotopic (exact) mass is 252 g/mol. The Kier molecular flexibility index (Phi) is 2.70. The van der Waals surface area contributed by atoms with Crippen LogP contribution in [0.15, 0.2) is 29.2 Å². The van der Waals surface area contributed by atoms with Gasteiger partial charge in [-0.3, -0.25) is 0 Å². The van der Waals surface area contributed by atoms with Crippen LogP contribution in [0.4, 0.5) is 0 Å². The molecule has 0 atom stereocenters. The van der Waals surface area contributed by atoms with E-state index in [4.69, 9.17) is 5.26 Å². The molecule has 0 saturated carbocycles. The topological polar surface area (TPSA) is 81.4 Å². The molecule has 0 amide bonds. The molecule has 17 heavy (non-hydrogen) atoms. The van der Waals surface area contributed by atoms with Crippen LogP contribution in [0.25, 0.3) is 0 Å². The van der Waals surface area contributed by atoms with E-state index < -0.39 is 15.6 Å². The summed E-state index contributed by atoms with van der Waals surface area (Å²) in [6.07, 6.45) is 0. The quantitative estimate of drug-likeness (QED) is 0.821. The Morgan fingerprint density at radius 3 is 2.65 bits per heavy atom. The first-order valence-corrected chi connectivity index (χ1v) is 6.52. The minimum Gasteiger partial charge on any atom is -0.387 e. The molecule has 1 saturated heterocycles. The lowest BCUT2D eigenvalue weighted by molar-refractivity contribution is -0.0426. The Morgan fingerprint density at radius 2 is 2.12 bits per heavy atom. The Bertz CT molecular complexity index is 579.